The molecule has 1 aromatic heterocycles. The molecule has 1 heterocycles. The number of hydrogen-bond acceptors (Lipinski definition) is 4. The van der Waals surface area contributed by atoms with E-state index in [1.807, 2.05) is 6.92 Å². The van der Waals surface area contributed by atoms with Gasteiger partial charge in [-0.2, -0.15) is 0 Å². The molecule has 0 bridgehead atoms. The van der Waals surface area contributed by atoms with Gasteiger partial charge >= 0.3 is 5.69 Å². The van der Waals surface area contributed by atoms with Gasteiger partial charge in [0, 0.05) is 16.7 Å². The van der Waals surface area contributed by atoms with E-state index in [1.165, 1.54) is 12.3 Å². The van der Waals surface area contributed by atoms with Gasteiger partial charge < -0.3 is 4.74 Å². The van der Waals surface area contributed by atoms with E-state index in [-0.39, 0.29) is 18.2 Å². The van der Waals surface area contributed by atoms with E-state index < -0.39 is 4.92 Å². The van der Waals surface area contributed by atoms with Gasteiger partial charge in [0.25, 0.3) is 5.88 Å². The average Bonchev–Trinajstić information content (AvgIpc) is 2.20. The van der Waals surface area contributed by atoms with Crippen molar-refractivity contribution in [2.75, 3.05) is 6.61 Å². The van der Waals surface area contributed by atoms with Crippen LogP contribution in [0.25, 0.3) is 0 Å². The molecule has 5 nitrogen and oxygen atoms in total. The Morgan fingerprint density at radius 3 is 3.07 bits per heavy atom. The van der Waals surface area contributed by atoms with Crippen molar-refractivity contribution in [1.29, 1.82) is 0 Å². The van der Waals surface area contributed by atoms with Crippen molar-refractivity contribution < 1.29 is 9.66 Å². The summed E-state index contributed by atoms with van der Waals surface area (Å²) < 4.78 is 5.68. The fourth-order valence-corrected chi connectivity index (χ4v) is 1.20. The van der Waals surface area contributed by atoms with E-state index in [4.69, 9.17) is 4.74 Å². The van der Waals surface area contributed by atoms with E-state index in [2.05, 4.69) is 20.9 Å². The Labute approximate surface area is 95.1 Å². The lowest BCUT2D eigenvalue weighted by atomic mass is 10.4. The Morgan fingerprint density at radius 1 is 1.73 bits per heavy atom. The lowest BCUT2D eigenvalue weighted by molar-refractivity contribution is -0.386. The molecule has 0 spiro atoms. The molecule has 0 saturated carbocycles. The van der Waals surface area contributed by atoms with Crippen LogP contribution in [0.4, 0.5) is 5.69 Å². The van der Waals surface area contributed by atoms with Crippen molar-refractivity contribution in [1.82, 2.24) is 4.98 Å². The Hall–Kier alpha value is -1.43. The van der Waals surface area contributed by atoms with E-state index in [9.17, 15) is 10.1 Å². The van der Waals surface area contributed by atoms with Gasteiger partial charge in [0.2, 0.25) is 0 Å². The number of nitrogens with zero attached hydrogens (tertiary/aromatic N) is 2. The minimum atomic E-state index is -0.525. The van der Waals surface area contributed by atoms with Gasteiger partial charge in [-0.3, -0.25) is 10.1 Å². The summed E-state index contributed by atoms with van der Waals surface area (Å²) in [6.07, 6.45) is 5.00. The molecule has 0 fully saturated rings. The third-order valence-electron chi connectivity index (χ3n) is 1.55. The quantitative estimate of drug-likeness (QED) is 0.480. The summed E-state index contributed by atoms with van der Waals surface area (Å²) in [7, 11) is 0. The van der Waals surface area contributed by atoms with Crippen LogP contribution in [0.1, 0.15) is 6.92 Å². The Morgan fingerprint density at radius 2 is 2.47 bits per heavy atom. The van der Waals surface area contributed by atoms with Crippen LogP contribution in [0.3, 0.4) is 0 Å². The van der Waals surface area contributed by atoms with Crippen molar-refractivity contribution in [3.63, 3.8) is 0 Å². The number of pyridine rings is 1. The second-order valence-corrected chi connectivity index (χ2v) is 3.53. The number of ether oxygens (including phenoxy) is 1. The molecule has 0 saturated heterocycles. The average molecular weight is 273 g/mol. The summed E-state index contributed by atoms with van der Waals surface area (Å²) in [4.78, 5) is 14.0. The summed E-state index contributed by atoms with van der Waals surface area (Å²) in [6.45, 7) is 2.11. The fourth-order valence-electron chi connectivity index (χ4n) is 0.881. The first-order valence-corrected chi connectivity index (χ1v) is 4.98. The molecular formula is C9H9BrN2O3. The Kier molecular flexibility index (Phi) is 4.23. The van der Waals surface area contributed by atoms with Crippen LogP contribution >= 0.6 is 15.9 Å². The van der Waals surface area contributed by atoms with Crippen molar-refractivity contribution in [3.8, 4) is 5.88 Å². The number of aromatic nitrogens is 1. The van der Waals surface area contributed by atoms with Crippen LogP contribution in [-0.2, 0) is 0 Å². The number of rotatable bonds is 4. The number of nitro groups is 1. The van der Waals surface area contributed by atoms with Crippen molar-refractivity contribution >= 4 is 21.6 Å². The highest BCUT2D eigenvalue weighted by molar-refractivity contribution is 9.10. The minimum absolute atomic E-state index is 0.0290. The molecule has 0 aliphatic rings. The predicted molar refractivity (Wildman–Crippen MR) is 58.9 cm³/mol. The standard InChI is InChI=1S/C9H9BrN2O3/c1-2-3-4-15-9-8(12(13)14)5-7(10)6-11-9/h2-3,5-6H,4H2,1H3. The zero-order chi connectivity index (χ0) is 11.3. The lowest BCUT2D eigenvalue weighted by Gasteiger charge is -2.02. The first kappa shape index (κ1) is 11.6. The molecule has 0 unspecified atom stereocenters. The van der Waals surface area contributed by atoms with Gasteiger partial charge in [0.15, 0.2) is 0 Å². The van der Waals surface area contributed by atoms with Crippen molar-refractivity contribution in [2.45, 2.75) is 6.92 Å². The molecule has 1 rings (SSSR count). The normalized spacial score (nSPS) is 10.5. The SMILES string of the molecule is CC=CCOc1ncc(Br)cc1[N+](=O)[O-]. The maximum atomic E-state index is 10.7. The van der Waals surface area contributed by atoms with E-state index in [1.54, 1.807) is 12.2 Å². The second kappa shape index (κ2) is 5.45. The van der Waals surface area contributed by atoms with Crippen LogP contribution in [0.2, 0.25) is 0 Å². The highest BCUT2D eigenvalue weighted by Crippen LogP contribution is 2.27. The molecule has 0 aliphatic carbocycles. The number of allylic oxidation sites excluding steroid dienone is 1. The van der Waals surface area contributed by atoms with Gasteiger partial charge in [0.05, 0.1) is 4.92 Å². The molecule has 0 aliphatic heterocycles. The molecule has 80 valence electrons. The summed E-state index contributed by atoms with van der Waals surface area (Å²) in [5.41, 5.74) is -0.145. The molecule has 1 aromatic rings. The second-order valence-electron chi connectivity index (χ2n) is 2.61. The third-order valence-corrected chi connectivity index (χ3v) is 1.98. The molecule has 0 aromatic carbocycles. The Bertz CT molecular complexity index is 393. The Balaban J connectivity index is 2.90. The first-order valence-electron chi connectivity index (χ1n) is 4.19. The lowest BCUT2D eigenvalue weighted by Crippen LogP contribution is -2.00. The maximum Gasteiger partial charge on any atom is 0.332 e. The van der Waals surface area contributed by atoms with Crippen molar-refractivity contribution in [3.05, 3.63) is 39.0 Å². The van der Waals surface area contributed by atoms with Crippen molar-refractivity contribution in [2.24, 2.45) is 0 Å². The van der Waals surface area contributed by atoms with Gasteiger partial charge in [-0.15, -0.1) is 0 Å². The molecule has 0 radical (unpaired) electrons. The monoisotopic (exact) mass is 272 g/mol. The smallest absolute Gasteiger partial charge is 0.332 e. The van der Waals surface area contributed by atoms with Gasteiger partial charge in [-0.25, -0.2) is 4.98 Å². The summed E-state index contributed by atoms with van der Waals surface area (Å²) in [5.74, 6) is 0.0290. The van der Waals surface area contributed by atoms with Crippen LogP contribution < -0.4 is 4.74 Å². The summed E-state index contributed by atoms with van der Waals surface area (Å²) >= 11 is 3.11. The predicted octanol–water partition coefficient (Wildman–Crippen LogP) is 2.71. The number of halogens is 1. The zero-order valence-corrected chi connectivity index (χ0v) is 9.60. The highest BCUT2D eigenvalue weighted by atomic mass is 79.9. The third kappa shape index (κ3) is 3.32. The first-order chi connectivity index (χ1) is 7.15. The molecule has 6 heteroatoms. The van der Waals surface area contributed by atoms with Gasteiger partial charge in [-0.1, -0.05) is 12.2 Å². The van der Waals surface area contributed by atoms with Crippen LogP contribution in [0, 0.1) is 10.1 Å². The number of hydrogen-bond donors (Lipinski definition) is 0. The van der Waals surface area contributed by atoms with Crippen LogP contribution in [-0.4, -0.2) is 16.5 Å². The summed E-state index contributed by atoms with van der Waals surface area (Å²) in [5, 5.41) is 10.7. The van der Waals surface area contributed by atoms with Gasteiger partial charge in [-0.05, 0) is 22.9 Å². The van der Waals surface area contributed by atoms with Gasteiger partial charge in [0.1, 0.15) is 6.61 Å². The zero-order valence-electron chi connectivity index (χ0n) is 8.01. The molecule has 0 amide bonds. The topological polar surface area (TPSA) is 65.3 Å². The van der Waals surface area contributed by atoms with E-state index >= 15 is 0 Å². The van der Waals surface area contributed by atoms with E-state index in [0.717, 1.165) is 0 Å². The highest BCUT2D eigenvalue weighted by Gasteiger charge is 2.16. The molecule has 0 atom stereocenters. The maximum absolute atomic E-state index is 10.7. The summed E-state index contributed by atoms with van der Waals surface area (Å²) in [6, 6.07) is 1.36. The molecule has 15 heavy (non-hydrogen) atoms. The molecule has 0 N–H and O–H groups in total. The van der Waals surface area contributed by atoms with Crippen LogP contribution in [0.15, 0.2) is 28.9 Å². The van der Waals surface area contributed by atoms with E-state index in [0.29, 0.717) is 4.47 Å². The van der Waals surface area contributed by atoms with Crippen LogP contribution in [0.5, 0.6) is 5.88 Å². The fraction of sp³-hybridized carbons (Fsp3) is 0.222. The largest absolute Gasteiger partial charge is 0.469 e. The minimum Gasteiger partial charge on any atom is -0.469 e. The molecular weight excluding hydrogens is 264 g/mol.